The first-order chi connectivity index (χ1) is 6.68. The Hall–Kier alpha value is -1.56. The maximum Gasteiger partial charge on any atom is 0.389 e. The maximum atomic E-state index is 13.2. The third-order valence-electron chi connectivity index (χ3n) is 1.61. The van der Waals surface area contributed by atoms with E-state index < -0.39 is 17.3 Å². The van der Waals surface area contributed by atoms with Gasteiger partial charge in [-0.1, -0.05) is 0 Å². The van der Waals surface area contributed by atoms with E-state index in [1.54, 1.807) is 0 Å². The van der Waals surface area contributed by atoms with E-state index in [0.29, 0.717) is 6.07 Å². The van der Waals surface area contributed by atoms with Gasteiger partial charge in [0.15, 0.2) is 11.5 Å². The number of aromatic nitrogens is 1. The van der Waals surface area contributed by atoms with Crippen LogP contribution in [0.4, 0.5) is 8.78 Å². The van der Waals surface area contributed by atoms with Crippen molar-refractivity contribution in [3.05, 3.63) is 40.3 Å². The first-order valence-electron chi connectivity index (χ1n) is 3.59. The van der Waals surface area contributed by atoms with Gasteiger partial charge in [0.2, 0.25) is 0 Å². The van der Waals surface area contributed by atoms with Gasteiger partial charge in [-0.3, -0.25) is 0 Å². The molecule has 0 amide bonds. The molecule has 14 heavy (non-hydrogen) atoms. The number of halogens is 2. The molecular formula is C8H3F2NO2S. The third-order valence-corrected chi connectivity index (χ3v) is 2.33. The van der Waals surface area contributed by atoms with Crippen molar-refractivity contribution in [2.75, 3.05) is 0 Å². The molecule has 0 unspecified atom stereocenters. The van der Waals surface area contributed by atoms with Crippen LogP contribution in [0.1, 0.15) is 0 Å². The Morgan fingerprint density at radius 2 is 2.14 bits per heavy atom. The summed E-state index contributed by atoms with van der Waals surface area (Å²) in [7, 11) is 0. The van der Waals surface area contributed by atoms with Crippen molar-refractivity contribution in [1.29, 1.82) is 0 Å². The molecule has 0 N–H and O–H groups in total. The van der Waals surface area contributed by atoms with E-state index in [4.69, 9.17) is 0 Å². The van der Waals surface area contributed by atoms with Crippen LogP contribution in [0.25, 0.3) is 10.4 Å². The zero-order chi connectivity index (χ0) is 10.1. The minimum Gasteiger partial charge on any atom is -0.476 e. The van der Waals surface area contributed by atoms with Crippen molar-refractivity contribution in [3.8, 4) is 10.4 Å². The number of benzene rings is 1. The summed E-state index contributed by atoms with van der Waals surface area (Å²) < 4.78 is 33.2. The van der Waals surface area contributed by atoms with Crippen LogP contribution >= 0.6 is 11.5 Å². The lowest BCUT2D eigenvalue weighted by atomic mass is 10.2. The number of hydrogen-bond acceptors (Lipinski definition) is 2. The molecule has 0 fully saturated rings. The van der Waals surface area contributed by atoms with Gasteiger partial charge in [-0.05, 0) is 12.1 Å². The molecule has 0 bridgehead atoms. The largest absolute Gasteiger partial charge is 0.476 e. The molecule has 1 heterocycles. The molecule has 72 valence electrons. The Kier molecular flexibility index (Phi) is 2.12. The molecule has 6 heteroatoms. The van der Waals surface area contributed by atoms with Gasteiger partial charge in [0.1, 0.15) is 11.6 Å². The summed E-state index contributed by atoms with van der Waals surface area (Å²) in [5.41, 5.74) is -0.719. The smallest absolute Gasteiger partial charge is 0.389 e. The van der Waals surface area contributed by atoms with Crippen molar-refractivity contribution in [1.82, 2.24) is 4.55 Å². The van der Waals surface area contributed by atoms with E-state index in [9.17, 15) is 13.6 Å². The van der Waals surface area contributed by atoms with E-state index >= 15 is 0 Å². The fraction of sp³-hybridized carbons (Fsp3) is 0. The van der Waals surface area contributed by atoms with E-state index in [1.807, 2.05) is 0 Å². The highest BCUT2D eigenvalue weighted by molar-refractivity contribution is 7.08. The Bertz CT molecular complexity index is 520. The average molecular weight is 215 g/mol. The van der Waals surface area contributed by atoms with Gasteiger partial charge in [-0.25, -0.2) is 18.1 Å². The van der Waals surface area contributed by atoms with Crippen LogP contribution in [0.5, 0.6) is 0 Å². The highest BCUT2D eigenvalue weighted by Gasteiger charge is 2.18. The SMILES string of the molecule is O=c1o[n-][s+]c1-c1ccc(F)cc1F. The molecule has 3 nitrogen and oxygen atoms in total. The van der Waals surface area contributed by atoms with Crippen LogP contribution < -0.4 is 10.2 Å². The molecule has 0 saturated carbocycles. The first kappa shape index (κ1) is 9.01. The summed E-state index contributed by atoms with van der Waals surface area (Å²) in [5, 5.41) is 0. The standard InChI is InChI=1S/C8H3F2NO2S/c9-4-1-2-5(6(10)3-4)7-8(12)13-11-14-7/h1-3H. The second-order valence-corrected chi connectivity index (χ2v) is 3.24. The molecule has 0 aliphatic heterocycles. The van der Waals surface area contributed by atoms with Crippen LogP contribution in [0.15, 0.2) is 27.5 Å². The second kappa shape index (κ2) is 3.30. The van der Waals surface area contributed by atoms with E-state index in [1.165, 1.54) is 6.07 Å². The second-order valence-electron chi connectivity index (χ2n) is 2.50. The van der Waals surface area contributed by atoms with Gasteiger partial charge in [0, 0.05) is 6.07 Å². The molecule has 0 saturated heterocycles. The minimum atomic E-state index is -0.804. The monoisotopic (exact) mass is 215 g/mol. The number of hydrogen-bond donors (Lipinski definition) is 0. The van der Waals surface area contributed by atoms with E-state index in [-0.39, 0.29) is 10.4 Å². The van der Waals surface area contributed by atoms with Gasteiger partial charge < -0.3 is 4.52 Å². The summed E-state index contributed by atoms with van der Waals surface area (Å²) in [6.45, 7) is 0. The molecular weight excluding hydrogens is 212 g/mol. The Morgan fingerprint density at radius 3 is 2.71 bits per heavy atom. The Morgan fingerprint density at radius 1 is 1.36 bits per heavy atom. The molecule has 2 rings (SSSR count). The molecule has 0 aliphatic rings. The van der Waals surface area contributed by atoms with Crippen LogP contribution in [-0.2, 0) is 0 Å². The van der Waals surface area contributed by atoms with Crippen molar-refractivity contribution in [2.45, 2.75) is 0 Å². The quantitative estimate of drug-likeness (QED) is 0.682. The summed E-state index contributed by atoms with van der Waals surface area (Å²) in [5.74, 6) is -1.50. The van der Waals surface area contributed by atoms with Gasteiger partial charge in [-0.15, -0.1) is 0 Å². The fourth-order valence-corrected chi connectivity index (χ4v) is 1.56. The fourth-order valence-electron chi connectivity index (χ4n) is 1.00. The van der Waals surface area contributed by atoms with E-state index in [2.05, 4.69) is 9.07 Å². The third kappa shape index (κ3) is 1.44. The summed E-state index contributed by atoms with van der Waals surface area (Å²) >= 11 is 0.731. The average Bonchev–Trinajstić information content (AvgIpc) is 2.52. The lowest BCUT2D eigenvalue weighted by Crippen LogP contribution is -1.97. The molecule has 2 aromatic rings. The van der Waals surface area contributed by atoms with Gasteiger partial charge >= 0.3 is 10.5 Å². The minimum absolute atomic E-state index is 0.00245. The topological polar surface area (TPSA) is 44.3 Å². The van der Waals surface area contributed by atoms with Gasteiger partial charge in [-0.2, -0.15) is 0 Å². The molecule has 1 aromatic carbocycles. The molecule has 0 aliphatic carbocycles. The summed E-state index contributed by atoms with van der Waals surface area (Å²) in [6.07, 6.45) is 0. The predicted molar refractivity (Wildman–Crippen MR) is 45.9 cm³/mol. The lowest BCUT2D eigenvalue weighted by molar-refractivity contribution is 0.396. The molecule has 0 atom stereocenters. The Labute approximate surface area is 80.7 Å². The van der Waals surface area contributed by atoms with Crippen LogP contribution in [0.3, 0.4) is 0 Å². The Balaban J connectivity index is 2.63. The predicted octanol–water partition coefficient (Wildman–Crippen LogP) is 1.88. The highest BCUT2D eigenvalue weighted by Crippen LogP contribution is 2.22. The van der Waals surface area contributed by atoms with Gasteiger partial charge in [0.25, 0.3) is 0 Å². The highest BCUT2D eigenvalue weighted by atomic mass is 32.1. The zero-order valence-electron chi connectivity index (χ0n) is 6.66. The maximum absolute atomic E-state index is 13.2. The van der Waals surface area contributed by atoms with Crippen molar-refractivity contribution in [2.24, 2.45) is 0 Å². The molecule has 0 radical (unpaired) electrons. The van der Waals surface area contributed by atoms with Crippen molar-refractivity contribution >= 4 is 11.5 Å². The number of rotatable bonds is 1. The first-order valence-corrected chi connectivity index (χ1v) is 4.37. The van der Waals surface area contributed by atoms with Crippen molar-refractivity contribution < 1.29 is 13.3 Å². The molecule has 1 aromatic heterocycles. The summed E-state index contributed by atoms with van der Waals surface area (Å²) in [6, 6.07) is 2.95. The lowest BCUT2D eigenvalue weighted by Gasteiger charge is -1.93. The van der Waals surface area contributed by atoms with Crippen LogP contribution in [0, 0.1) is 11.6 Å². The molecule has 0 spiro atoms. The number of nitrogens with zero attached hydrogens (tertiary/aromatic N) is 1. The van der Waals surface area contributed by atoms with E-state index in [0.717, 1.165) is 17.6 Å². The normalized spacial score (nSPS) is 10.4. The zero-order valence-corrected chi connectivity index (χ0v) is 7.48. The van der Waals surface area contributed by atoms with Gasteiger partial charge in [0.05, 0.1) is 5.56 Å². The van der Waals surface area contributed by atoms with Crippen LogP contribution in [0.2, 0.25) is 0 Å². The van der Waals surface area contributed by atoms with Crippen LogP contribution in [-0.4, -0.2) is 0 Å². The summed E-state index contributed by atoms with van der Waals surface area (Å²) in [4.78, 5) is 11.0. The van der Waals surface area contributed by atoms with Crippen molar-refractivity contribution in [3.63, 3.8) is 0 Å².